The Hall–Kier alpha value is -5.61. The summed E-state index contributed by atoms with van der Waals surface area (Å²) in [6.45, 7) is 0. The van der Waals surface area contributed by atoms with Gasteiger partial charge in [-0.3, -0.25) is 0 Å². The molecule has 0 aliphatic rings. The van der Waals surface area contributed by atoms with E-state index in [0.717, 1.165) is 60.5 Å². The van der Waals surface area contributed by atoms with Crippen molar-refractivity contribution in [3.63, 3.8) is 0 Å². The molecule has 192 valence electrons. The summed E-state index contributed by atoms with van der Waals surface area (Å²) in [6.07, 6.45) is 0. The quantitative estimate of drug-likeness (QED) is 0.230. The van der Waals surface area contributed by atoms with Crippen LogP contribution in [-0.2, 0) is 0 Å². The fourth-order valence-electron chi connectivity index (χ4n) is 5.56. The summed E-state index contributed by atoms with van der Waals surface area (Å²) in [5.74, 6) is 1.89. The highest BCUT2D eigenvalue weighted by atomic mass is 16.3. The van der Waals surface area contributed by atoms with Crippen LogP contribution in [0, 0.1) is 0 Å². The number of hydrogen-bond donors (Lipinski definition) is 0. The Morgan fingerprint density at radius 1 is 0.390 bits per heavy atom. The molecule has 0 atom stereocenters. The van der Waals surface area contributed by atoms with Crippen molar-refractivity contribution in [1.82, 2.24) is 15.0 Å². The molecule has 0 aliphatic carbocycles. The molecule has 6 aromatic carbocycles. The van der Waals surface area contributed by atoms with E-state index in [-0.39, 0.29) is 0 Å². The van der Waals surface area contributed by atoms with Crippen molar-refractivity contribution in [1.29, 1.82) is 0 Å². The lowest BCUT2D eigenvalue weighted by molar-refractivity contribution is 0.669. The molecule has 0 amide bonds. The minimum Gasteiger partial charge on any atom is -0.456 e. The maximum absolute atomic E-state index is 6.54. The highest BCUT2D eigenvalue weighted by Crippen LogP contribution is 2.42. The molecule has 41 heavy (non-hydrogen) atoms. The van der Waals surface area contributed by atoms with E-state index in [2.05, 4.69) is 66.7 Å². The molecule has 2 aromatic heterocycles. The Balaban J connectivity index is 1.45. The topological polar surface area (TPSA) is 51.8 Å². The highest BCUT2D eigenvalue weighted by Gasteiger charge is 2.21. The molecule has 0 N–H and O–H groups in total. The van der Waals surface area contributed by atoms with Crippen LogP contribution in [0.4, 0.5) is 0 Å². The van der Waals surface area contributed by atoms with E-state index in [0.29, 0.717) is 17.5 Å². The van der Waals surface area contributed by atoms with Crippen LogP contribution in [0.1, 0.15) is 0 Å². The van der Waals surface area contributed by atoms with Crippen molar-refractivity contribution < 1.29 is 4.42 Å². The average molecular weight is 526 g/mol. The first kappa shape index (κ1) is 23.3. The monoisotopic (exact) mass is 525 g/mol. The standard InChI is InChI=1S/C37H23N3O/c1-4-12-24(13-5-1)27-20-21-30-31(22-27)41-32-23-28-18-10-11-19-29(28)34(33(30)32)37-39-35(25-14-6-2-7-15-25)38-36(40-37)26-16-8-3-9-17-26/h1-23H. The lowest BCUT2D eigenvalue weighted by atomic mass is 9.97. The Morgan fingerprint density at radius 2 is 0.951 bits per heavy atom. The molecule has 0 saturated carbocycles. The largest absolute Gasteiger partial charge is 0.456 e. The van der Waals surface area contributed by atoms with Crippen LogP contribution in [0.5, 0.6) is 0 Å². The fourth-order valence-corrected chi connectivity index (χ4v) is 5.56. The van der Waals surface area contributed by atoms with Gasteiger partial charge in [0.05, 0.1) is 0 Å². The first-order valence-electron chi connectivity index (χ1n) is 13.6. The van der Waals surface area contributed by atoms with Crippen LogP contribution in [0.15, 0.2) is 144 Å². The summed E-state index contributed by atoms with van der Waals surface area (Å²) in [6, 6.07) is 47.4. The molecule has 4 nitrogen and oxygen atoms in total. The molecule has 0 fully saturated rings. The summed E-state index contributed by atoms with van der Waals surface area (Å²) in [5.41, 5.74) is 6.73. The van der Waals surface area contributed by atoms with Crippen molar-refractivity contribution in [2.24, 2.45) is 0 Å². The third kappa shape index (κ3) is 4.05. The van der Waals surface area contributed by atoms with Crippen molar-refractivity contribution >= 4 is 32.7 Å². The van der Waals surface area contributed by atoms with Crippen molar-refractivity contribution in [3.8, 4) is 45.3 Å². The molecule has 2 heterocycles. The van der Waals surface area contributed by atoms with Gasteiger partial charge in [0.15, 0.2) is 17.5 Å². The SMILES string of the molecule is c1ccc(-c2ccc3c(c2)oc2cc4ccccc4c(-c4nc(-c5ccccc5)nc(-c5ccccc5)n4)c23)cc1. The van der Waals surface area contributed by atoms with Gasteiger partial charge in [-0.2, -0.15) is 0 Å². The zero-order chi connectivity index (χ0) is 27.2. The van der Waals surface area contributed by atoms with E-state index in [1.54, 1.807) is 0 Å². The molecule has 8 aromatic rings. The zero-order valence-electron chi connectivity index (χ0n) is 22.0. The smallest absolute Gasteiger partial charge is 0.165 e. The van der Waals surface area contributed by atoms with Gasteiger partial charge in [0.25, 0.3) is 0 Å². The summed E-state index contributed by atoms with van der Waals surface area (Å²) in [4.78, 5) is 15.1. The average Bonchev–Trinajstić information content (AvgIpc) is 3.42. The molecule has 0 saturated heterocycles. The van der Waals surface area contributed by atoms with Crippen LogP contribution < -0.4 is 0 Å². The van der Waals surface area contributed by atoms with Gasteiger partial charge in [0.2, 0.25) is 0 Å². The number of aromatic nitrogens is 3. The van der Waals surface area contributed by atoms with E-state index in [9.17, 15) is 0 Å². The lowest BCUT2D eigenvalue weighted by Crippen LogP contribution is -2.00. The van der Waals surface area contributed by atoms with Crippen LogP contribution in [-0.4, -0.2) is 15.0 Å². The van der Waals surface area contributed by atoms with Crippen LogP contribution in [0.3, 0.4) is 0 Å². The number of benzene rings is 6. The first-order chi connectivity index (χ1) is 20.3. The molecule has 0 bridgehead atoms. The van der Waals surface area contributed by atoms with Gasteiger partial charge in [-0.25, -0.2) is 15.0 Å². The van der Waals surface area contributed by atoms with Gasteiger partial charge in [-0.1, -0.05) is 121 Å². The second-order valence-corrected chi connectivity index (χ2v) is 10.1. The number of furan rings is 1. The van der Waals surface area contributed by atoms with Crippen molar-refractivity contribution in [3.05, 3.63) is 140 Å². The third-order valence-electron chi connectivity index (χ3n) is 7.51. The third-order valence-corrected chi connectivity index (χ3v) is 7.51. The van der Waals surface area contributed by atoms with E-state index in [4.69, 9.17) is 19.4 Å². The van der Waals surface area contributed by atoms with E-state index < -0.39 is 0 Å². The van der Waals surface area contributed by atoms with Gasteiger partial charge in [0.1, 0.15) is 11.2 Å². The van der Waals surface area contributed by atoms with Gasteiger partial charge >= 0.3 is 0 Å². The van der Waals surface area contributed by atoms with Gasteiger partial charge < -0.3 is 4.42 Å². The van der Waals surface area contributed by atoms with Crippen LogP contribution in [0.25, 0.3) is 78.0 Å². The Labute approximate surface area is 236 Å². The summed E-state index contributed by atoms with van der Waals surface area (Å²) < 4.78 is 6.54. The number of nitrogens with zero attached hydrogens (tertiary/aromatic N) is 3. The summed E-state index contributed by atoms with van der Waals surface area (Å²) in [5, 5.41) is 4.17. The molecule has 0 unspecified atom stereocenters. The molecule has 0 aliphatic heterocycles. The number of rotatable bonds is 4. The summed E-state index contributed by atoms with van der Waals surface area (Å²) >= 11 is 0. The van der Waals surface area contributed by atoms with Crippen LogP contribution >= 0.6 is 0 Å². The van der Waals surface area contributed by atoms with E-state index in [1.165, 1.54) is 0 Å². The number of hydrogen-bond acceptors (Lipinski definition) is 4. The lowest BCUT2D eigenvalue weighted by Gasteiger charge is -2.11. The molecule has 8 rings (SSSR count). The maximum Gasteiger partial charge on any atom is 0.165 e. The second-order valence-electron chi connectivity index (χ2n) is 10.1. The first-order valence-corrected chi connectivity index (χ1v) is 13.6. The van der Waals surface area contributed by atoms with Crippen molar-refractivity contribution in [2.75, 3.05) is 0 Å². The van der Waals surface area contributed by atoms with Crippen LogP contribution in [0.2, 0.25) is 0 Å². The van der Waals surface area contributed by atoms with Crippen molar-refractivity contribution in [2.45, 2.75) is 0 Å². The maximum atomic E-state index is 6.54. The number of fused-ring (bicyclic) bond motifs is 4. The minimum atomic E-state index is 0.620. The molecule has 0 spiro atoms. The Kier molecular flexibility index (Phi) is 5.42. The molecular weight excluding hydrogens is 502 g/mol. The predicted molar refractivity (Wildman–Crippen MR) is 166 cm³/mol. The molecular formula is C37H23N3O. The highest BCUT2D eigenvalue weighted by molar-refractivity contribution is 6.20. The Bertz CT molecular complexity index is 2130. The van der Waals surface area contributed by atoms with Gasteiger partial charge in [-0.15, -0.1) is 0 Å². The summed E-state index contributed by atoms with van der Waals surface area (Å²) in [7, 11) is 0. The predicted octanol–water partition coefficient (Wildman–Crippen LogP) is 9.59. The zero-order valence-corrected chi connectivity index (χ0v) is 22.0. The van der Waals surface area contributed by atoms with E-state index >= 15 is 0 Å². The molecule has 4 heteroatoms. The molecule has 0 radical (unpaired) electrons. The normalized spacial score (nSPS) is 11.4. The van der Waals surface area contributed by atoms with Gasteiger partial charge in [0, 0.05) is 27.5 Å². The van der Waals surface area contributed by atoms with E-state index in [1.807, 2.05) is 72.8 Å². The fraction of sp³-hybridized carbons (Fsp3) is 0. The van der Waals surface area contributed by atoms with Gasteiger partial charge in [-0.05, 0) is 40.1 Å². The Morgan fingerprint density at radius 3 is 1.61 bits per heavy atom. The second kappa shape index (κ2) is 9.54. The minimum absolute atomic E-state index is 0.620.